The van der Waals surface area contributed by atoms with E-state index in [0.29, 0.717) is 5.75 Å². The standard InChI is InChI=1S/C23H31N3O5S/c1-17(2)25-23(27)21-14-20(8-9-22(21)30-3)32(28,29)24-15-18-4-6-19(7-5-18)16-26-10-12-31-13-11-26/h4-9,14,17,24H,10-13,15-16H2,1-3H3,(H,25,27). The van der Waals surface area contributed by atoms with Crippen LogP contribution in [0, 0.1) is 0 Å². The fraction of sp³-hybridized carbons (Fsp3) is 0.435. The second-order valence-corrected chi connectivity index (χ2v) is 9.79. The normalized spacial score (nSPS) is 15.0. The van der Waals surface area contributed by atoms with Crippen LogP contribution in [0.3, 0.4) is 0 Å². The summed E-state index contributed by atoms with van der Waals surface area (Å²) >= 11 is 0. The maximum Gasteiger partial charge on any atom is 0.255 e. The van der Waals surface area contributed by atoms with Crippen molar-refractivity contribution in [3.63, 3.8) is 0 Å². The van der Waals surface area contributed by atoms with E-state index in [9.17, 15) is 13.2 Å². The predicted molar refractivity (Wildman–Crippen MR) is 122 cm³/mol. The molecule has 2 N–H and O–H groups in total. The molecule has 1 heterocycles. The number of amides is 1. The van der Waals surface area contributed by atoms with Crippen molar-refractivity contribution < 1.29 is 22.7 Å². The maximum atomic E-state index is 12.8. The van der Waals surface area contributed by atoms with Crippen LogP contribution in [0.1, 0.15) is 35.3 Å². The minimum Gasteiger partial charge on any atom is -0.496 e. The first kappa shape index (κ1) is 24.2. The summed E-state index contributed by atoms with van der Waals surface area (Å²) in [6, 6.07) is 12.0. The topological polar surface area (TPSA) is 97.0 Å². The number of carbonyl (C=O) groups is 1. The van der Waals surface area contributed by atoms with E-state index in [1.165, 1.54) is 30.9 Å². The van der Waals surface area contributed by atoms with Gasteiger partial charge in [-0.05, 0) is 43.2 Å². The number of nitrogens with zero attached hydrogens (tertiary/aromatic N) is 1. The Labute approximate surface area is 190 Å². The number of ether oxygens (including phenoxy) is 2. The van der Waals surface area contributed by atoms with Crippen LogP contribution >= 0.6 is 0 Å². The molecule has 1 aliphatic heterocycles. The molecule has 0 spiro atoms. The summed E-state index contributed by atoms with van der Waals surface area (Å²) in [6.45, 7) is 8.01. The molecule has 9 heteroatoms. The van der Waals surface area contributed by atoms with Crippen LogP contribution in [-0.4, -0.2) is 58.7 Å². The number of sulfonamides is 1. The van der Waals surface area contributed by atoms with Crippen LogP contribution in [0.4, 0.5) is 0 Å². The molecule has 32 heavy (non-hydrogen) atoms. The summed E-state index contributed by atoms with van der Waals surface area (Å²) < 4.78 is 38.9. The average molecular weight is 462 g/mol. The van der Waals surface area contributed by atoms with Gasteiger partial charge in [-0.25, -0.2) is 13.1 Å². The Kier molecular flexibility index (Phi) is 8.25. The molecule has 174 valence electrons. The lowest BCUT2D eigenvalue weighted by molar-refractivity contribution is 0.0342. The second kappa shape index (κ2) is 10.9. The molecule has 3 rings (SSSR count). The van der Waals surface area contributed by atoms with E-state index >= 15 is 0 Å². The molecule has 2 aromatic carbocycles. The van der Waals surface area contributed by atoms with E-state index < -0.39 is 10.0 Å². The lowest BCUT2D eigenvalue weighted by Crippen LogP contribution is -2.35. The van der Waals surface area contributed by atoms with E-state index in [2.05, 4.69) is 14.9 Å². The van der Waals surface area contributed by atoms with Gasteiger partial charge in [0.1, 0.15) is 5.75 Å². The van der Waals surface area contributed by atoms with Crippen LogP contribution < -0.4 is 14.8 Å². The number of morpholine rings is 1. The molecule has 1 amide bonds. The molecule has 0 unspecified atom stereocenters. The van der Waals surface area contributed by atoms with Crippen LogP contribution in [0.2, 0.25) is 0 Å². The quantitative estimate of drug-likeness (QED) is 0.594. The highest BCUT2D eigenvalue weighted by molar-refractivity contribution is 7.89. The molecule has 0 aliphatic carbocycles. The number of carbonyl (C=O) groups excluding carboxylic acids is 1. The summed E-state index contributed by atoms with van der Waals surface area (Å²) in [7, 11) is -2.37. The largest absolute Gasteiger partial charge is 0.496 e. The van der Waals surface area contributed by atoms with E-state index in [4.69, 9.17) is 9.47 Å². The number of methoxy groups -OCH3 is 1. The fourth-order valence-electron chi connectivity index (χ4n) is 3.41. The second-order valence-electron chi connectivity index (χ2n) is 8.02. The molecule has 8 nitrogen and oxygen atoms in total. The Hall–Kier alpha value is -2.46. The van der Waals surface area contributed by atoms with Crippen LogP contribution in [-0.2, 0) is 27.8 Å². The van der Waals surface area contributed by atoms with Gasteiger partial charge < -0.3 is 14.8 Å². The molecule has 0 radical (unpaired) electrons. The van der Waals surface area contributed by atoms with Crippen molar-refractivity contribution in [2.24, 2.45) is 0 Å². The van der Waals surface area contributed by atoms with E-state index in [1.54, 1.807) is 0 Å². The highest BCUT2D eigenvalue weighted by Gasteiger charge is 2.20. The number of rotatable bonds is 9. The third-order valence-corrected chi connectivity index (χ3v) is 6.54. The number of hydrogen-bond acceptors (Lipinski definition) is 6. The van der Waals surface area contributed by atoms with Gasteiger partial charge in [-0.3, -0.25) is 9.69 Å². The van der Waals surface area contributed by atoms with Gasteiger partial charge in [0.05, 0.1) is 30.8 Å². The molecule has 0 saturated carbocycles. The summed E-state index contributed by atoms with van der Waals surface area (Å²) in [4.78, 5) is 14.8. The van der Waals surface area contributed by atoms with E-state index in [-0.39, 0.29) is 29.0 Å². The van der Waals surface area contributed by atoms with Crippen molar-refractivity contribution in [1.82, 2.24) is 14.9 Å². The molecule has 1 aliphatic rings. The Balaban J connectivity index is 1.66. The molecular weight excluding hydrogens is 430 g/mol. The van der Waals surface area contributed by atoms with Crippen LogP contribution in [0.5, 0.6) is 5.75 Å². The lowest BCUT2D eigenvalue weighted by Gasteiger charge is -2.26. The number of hydrogen-bond donors (Lipinski definition) is 2. The molecule has 0 aromatic heterocycles. The summed E-state index contributed by atoms with van der Waals surface area (Å²) in [5.74, 6) is -0.0669. The number of nitrogens with one attached hydrogen (secondary N) is 2. The van der Waals surface area contributed by atoms with E-state index in [0.717, 1.165) is 38.4 Å². The molecule has 0 atom stereocenters. The minimum absolute atomic E-state index is 0.0103. The van der Waals surface area contributed by atoms with Crippen molar-refractivity contribution in [3.8, 4) is 5.75 Å². The Morgan fingerprint density at radius 1 is 1.09 bits per heavy atom. The number of benzene rings is 2. The SMILES string of the molecule is COc1ccc(S(=O)(=O)NCc2ccc(CN3CCOCC3)cc2)cc1C(=O)NC(C)C. The van der Waals surface area contributed by atoms with Gasteiger partial charge in [-0.2, -0.15) is 0 Å². The predicted octanol–water partition coefficient (Wildman–Crippen LogP) is 2.14. The van der Waals surface area contributed by atoms with Crippen LogP contribution in [0.25, 0.3) is 0 Å². The van der Waals surface area contributed by atoms with Gasteiger partial charge in [0.2, 0.25) is 10.0 Å². The first-order valence-corrected chi connectivity index (χ1v) is 12.1. The Morgan fingerprint density at radius 2 is 1.75 bits per heavy atom. The lowest BCUT2D eigenvalue weighted by atomic mass is 10.1. The van der Waals surface area contributed by atoms with Crippen molar-refractivity contribution in [2.45, 2.75) is 37.9 Å². The van der Waals surface area contributed by atoms with Gasteiger partial charge in [0.15, 0.2) is 0 Å². The van der Waals surface area contributed by atoms with Gasteiger partial charge in [0, 0.05) is 32.2 Å². The Morgan fingerprint density at radius 3 is 2.38 bits per heavy atom. The highest BCUT2D eigenvalue weighted by atomic mass is 32.2. The first-order chi connectivity index (χ1) is 15.3. The highest BCUT2D eigenvalue weighted by Crippen LogP contribution is 2.23. The third kappa shape index (κ3) is 6.52. The summed E-state index contributed by atoms with van der Waals surface area (Å²) in [5.41, 5.74) is 2.21. The summed E-state index contributed by atoms with van der Waals surface area (Å²) in [6.07, 6.45) is 0. The zero-order valence-corrected chi connectivity index (χ0v) is 19.6. The average Bonchev–Trinajstić information content (AvgIpc) is 2.78. The minimum atomic E-state index is -3.81. The Bertz CT molecular complexity index is 1020. The third-order valence-electron chi connectivity index (χ3n) is 5.14. The van der Waals surface area contributed by atoms with Crippen molar-refractivity contribution >= 4 is 15.9 Å². The van der Waals surface area contributed by atoms with Gasteiger partial charge in [-0.1, -0.05) is 24.3 Å². The molecule has 0 bridgehead atoms. The monoisotopic (exact) mass is 461 g/mol. The van der Waals surface area contributed by atoms with Crippen LogP contribution in [0.15, 0.2) is 47.4 Å². The molecular formula is C23H31N3O5S. The molecule has 1 fully saturated rings. The maximum absolute atomic E-state index is 12.8. The van der Waals surface area contributed by atoms with Crippen molar-refractivity contribution in [1.29, 1.82) is 0 Å². The zero-order chi connectivity index (χ0) is 23.1. The zero-order valence-electron chi connectivity index (χ0n) is 18.8. The van der Waals surface area contributed by atoms with Crippen molar-refractivity contribution in [2.75, 3.05) is 33.4 Å². The van der Waals surface area contributed by atoms with E-state index in [1.807, 2.05) is 38.1 Å². The van der Waals surface area contributed by atoms with Gasteiger partial charge in [-0.15, -0.1) is 0 Å². The van der Waals surface area contributed by atoms with Crippen molar-refractivity contribution in [3.05, 3.63) is 59.2 Å². The van der Waals surface area contributed by atoms with Gasteiger partial charge >= 0.3 is 0 Å². The molecule has 1 saturated heterocycles. The smallest absolute Gasteiger partial charge is 0.255 e. The first-order valence-electron chi connectivity index (χ1n) is 10.6. The summed E-state index contributed by atoms with van der Waals surface area (Å²) in [5, 5.41) is 2.76. The fourth-order valence-corrected chi connectivity index (χ4v) is 4.46. The van der Waals surface area contributed by atoms with Gasteiger partial charge in [0.25, 0.3) is 5.91 Å². The molecule has 2 aromatic rings.